The van der Waals surface area contributed by atoms with Gasteiger partial charge in [-0.2, -0.15) is 0 Å². The predicted octanol–water partition coefficient (Wildman–Crippen LogP) is 7.53. The van der Waals surface area contributed by atoms with Crippen molar-refractivity contribution < 1.29 is 14.0 Å². The van der Waals surface area contributed by atoms with Gasteiger partial charge in [0.2, 0.25) is 0 Å². The fraction of sp³-hybridized carbons (Fsp3) is 0.286. The minimum atomic E-state index is -0.111. The van der Waals surface area contributed by atoms with Crippen molar-refractivity contribution in [3.63, 3.8) is 0 Å². The molecule has 0 bridgehead atoms. The molecule has 0 saturated carbocycles. The molecule has 0 aliphatic carbocycles. The van der Waals surface area contributed by atoms with E-state index in [0.717, 1.165) is 59.4 Å². The number of nitrogens with one attached hydrogen (secondary N) is 1. The molecule has 5 rings (SSSR count). The highest BCUT2D eigenvalue weighted by atomic mass is 16.3. The third-order valence-electron chi connectivity index (χ3n) is 7.70. The van der Waals surface area contributed by atoms with Gasteiger partial charge in [0.1, 0.15) is 11.3 Å². The van der Waals surface area contributed by atoms with Crippen molar-refractivity contribution in [1.82, 2.24) is 14.9 Å². The second-order valence-corrected chi connectivity index (χ2v) is 10.5. The van der Waals surface area contributed by atoms with Crippen LogP contribution in [0.1, 0.15) is 59.9 Å². The molecule has 216 valence electrons. The van der Waals surface area contributed by atoms with E-state index < -0.39 is 0 Å². The molecule has 0 spiro atoms. The second-order valence-electron chi connectivity index (χ2n) is 10.5. The van der Waals surface area contributed by atoms with Crippen LogP contribution in [0.5, 0.6) is 0 Å². The monoisotopic (exact) mass is 562 g/mol. The minimum Gasteiger partial charge on any atom is -0.455 e. The number of benzene rings is 3. The van der Waals surface area contributed by atoms with E-state index in [2.05, 4.69) is 35.1 Å². The lowest BCUT2D eigenvalue weighted by Crippen LogP contribution is -2.25. The maximum atomic E-state index is 13.3. The average Bonchev–Trinajstić information content (AvgIpc) is 3.67. The van der Waals surface area contributed by atoms with E-state index in [9.17, 15) is 9.59 Å². The number of imidazole rings is 1. The van der Waals surface area contributed by atoms with E-state index >= 15 is 0 Å². The average molecular weight is 563 g/mol. The highest BCUT2D eigenvalue weighted by Gasteiger charge is 2.24. The minimum absolute atomic E-state index is 0.0367. The number of aryl methyl sites for hydroxylation is 2. The van der Waals surface area contributed by atoms with E-state index in [1.54, 1.807) is 12.5 Å². The number of anilines is 1. The van der Waals surface area contributed by atoms with Gasteiger partial charge in [0, 0.05) is 78.8 Å². The van der Waals surface area contributed by atoms with Crippen LogP contribution in [0.15, 0.2) is 83.8 Å². The van der Waals surface area contributed by atoms with Crippen LogP contribution in [0.3, 0.4) is 0 Å². The van der Waals surface area contributed by atoms with E-state index in [-0.39, 0.29) is 11.7 Å². The smallest absolute Gasteiger partial charge is 0.251 e. The molecule has 0 radical (unpaired) electrons. The van der Waals surface area contributed by atoms with Crippen molar-refractivity contribution in [2.75, 3.05) is 24.5 Å². The van der Waals surface area contributed by atoms with Crippen molar-refractivity contribution in [2.24, 2.45) is 0 Å². The molecule has 0 fully saturated rings. The lowest BCUT2D eigenvalue weighted by atomic mass is 9.95. The highest BCUT2D eigenvalue weighted by molar-refractivity contribution is 6.13. The van der Waals surface area contributed by atoms with Gasteiger partial charge in [-0.05, 0) is 51.0 Å². The number of ketones is 1. The quantitative estimate of drug-likeness (QED) is 0.126. The van der Waals surface area contributed by atoms with E-state index in [1.807, 2.05) is 79.2 Å². The van der Waals surface area contributed by atoms with E-state index in [1.165, 1.54) is 0 Å². The zero-order valence-corrected chi connectivity index (χ0v) is 24.8. The Bertz CT molecular complexity index is 1680. The topological polar surface area (TPSA) is 80.4 Å². The number of rotatable bonds is 12. The Morgan fingerprint density at radius 3 is 2.45 bits per heavy atom. The number of carbonyl (C=O) groups is 2. The Kier molecular flexibility index (Phi) is 8.86. The van der Waals surface area contributed by atoms with Gasteiger partial charge < -0.3 is 19.2 Å². The molecule has 42 heavy (non-hydrogen) atoms. The zero-order valence-electron chi connectivity index (χ0n) is 24.8. The first-order valence-electron chi connectivity index (χ1n) is 14.7. The van der Waals surface area contributed by atoms with Gasteiger partial charge in [-0.25, -0.2) is 4.98 Å². The molecular formula is C35H38N4O3. The summed E-state index contributed by atoms with van der Waals surface area (Å²) in [5.74, 6) is 0.526. The molecule has 0 saturated heterocycles. The Balaban J connectivity index is 1.55. The predicted molar refractivity (Wildman–Crippen MR) is 169 cm³/mol. The number of Topliss-reactive ketones (excluding diaryl/α,β-unsaturated/α-hetero) is 1. The molecule has 1 amide bonds. The molecule has 0 aliphatic heterocycles. The normalized spacial score (nSPS) is 11.1. The number of furan rings is 1. The summed E-state index contributed by atoms with van der Waals surface area (Å²) in [6.07, 6.45) is 6.62. The largest absolute Gasteiger partial charge is 0.455 e. The van der Waals surface area contributed by atoms with Crippen LogP contribution < -0.4 is 10.2 Å². The van der Waals surface area contributed by atoms with Gasteiger partial charge in [0.05, 0.1) is 11.9 Å². The zero-order chi connectivity index (χ0) is 29.6. The van der Waals surface area contributed by atoms with Gasteiger partial charge in [-0.3, -0.25) is 9.59 Å². The maximum absolute atomic E-state index is 13.3. The van der Waals surface area contributed by atoms with Gasteiger partial charge >= 0.3 is 0 Å². The van der Waals surface area contributed by atoms with Crippen molar-refractivity contribution in [3.8, 4) is 22.5 Å². The molecule has 5 aromatic rings. The summed E-state index contributed by atoms with van der Waals surface area (Å²) in [5.41, 5.74) is 6.79. The third-order valence-corrected chi connectivity index (χ3v) is 7.70. The number of hydrogen-bond acceptors (Lipinski definition) is 5. The SMILES string of the molecule is CCC(=O)c1c(-c2ccc(C)cc2)oc2cc(N(CC)CC)c(-c3cccc(C(=O)NCCCn4ccnc4)c3)cc12. The maximum Gasteiger partial charge on any atom is 0.251 e. The molecule has 0 aliphatic rings. The Morgan fingerprint density at radius 1 is 0.976 bits per heavy atom. The summed E-state index contributed by atoms with van der Waals surface area (Å²) >= 11 is 0. The Labute approximate surface area is 247 Å². The molecule has 0 unspecified atom stereocenters. The number of carbonyl (C=O) groups excluding carboxylic acids is 2. The van der Waals surface area contributed by atoms with Gasteiger partial charge in [0.15, 0.2) is 5.78 Å². The molecule has 7 heteroatoms. The number of fused-ring (bicyclic) bond motifs is 1. The van der Waals surface area contributed by atoms with Crippen LogP contribution in [0.25, 0.3) is 33.4 Å². The second kappa shape index (κ2) is 12.9. The van der Waals surface area contributed by atoms with Crippen LogP contribution in [-0.2, 0) is 6.54 Å². The molecule has 2 aromatic heterocycles. The number of nitrogens with zero attached hydrogens (tertiary/aromatic N) is 3. The standard InChI is InChI=1S/C35H38N4O3/c1-5-31(40)33-29-21-28(26-10-8-11-27(20-26)35(41)37-16-9-18-38-19-17-36-23-38)30(39(6-2)7-3)22-32(29)42-34(33)25-14-12-24(4)13-15-25/h8,10-15,17,19-23H,5-7,9,16,18H2,1-4H3,(H,37,41). The van der Waals surface area contributed by atoms with Crippen LogP contribution in [0.4, 0.5) is 5.69 Å². The van der Waals surface area contributed by atoms with Gasteiger partial charge in [-0.1, -0.05) is 48.9 Å². The first-order valence-corrected chi connectivity index (χ1v) is 14.7. The fourth-order valence-electron chi connectivity index (χ4n) is 5.36. The van der Waals surface area contributed by atoms with E-state index in [0.29, 0.717) is 35.4 Å². The summed E-state index contributed by atoms with van der Waals surface area (Å²) in [6, 6.07) is 19.9. The molecule has 3 aromatic carbocycles. The summed E-state index contributed by atoms with van der Waals surface area (Å²) in [5, 5.41) is 3.83. The summed E-state index contributed by atoms with van der Waals surface area (Å²) in [6.45, 7) is 11.1. The first kappa shape index (κ1) is 28.9. The van der Waals surface area contributed by atoms with Gasteiger partial charge in [0.25, 0.3) is 5.91 Å². The molecule has 0 atom stereocenters. The number of hydrogen-bond donors (Lipinski definition) is 1. The fourth-order valence-corrected chi connectivity index (χ4v) is 5.36. The lowest BCUT2D eigenvalue weighted by molar-refractivity contribution is 0.0951. The summed E-state index contributed by atoms with van der Waals surface area (Å²) in [7, 11) is 0. The summed E-state index contributed by atoms with van der Waals surface area (Å²) < 4.78 is 8.44. The molecule has 7 nitrogen and oxygen atoms in total. The van der Waals surface area contributed by atoms with Crippen molar-refractivity contribution >= 4 is 28.3 Å². The van der Waals surface area contributed by atoms with E-state index in [4.69, 9.17) is 4.42 Å². The Hall–Kier alpha value is -4.65. The number of amides is 1. The summed E-state index contributed by atoms with van der Waals surface area (Å²) in [4.78, 5) is 32.8. The van der Waals surface area contributed by atoms with Crippen LogP contribution in [0.2, 0.25) is 0 Å². The lowest BCUT2D eigenvalue weighted by Gasteiger charge is -2.24. The van der Waals surface area contributed by atoms with Crippen molar-refractivity contribution in [2.45, 2.75) is 47.1 Å². The van der Waals surface area contributed by atoms with Crippen LogP contribution in [0, 0.1) is 6.92 Å². The van der Waals surface area contributed by atoms with Crippen LogP contribution in [-0.4, -0.2) is 40.9 Å². The molecular weight excluding hydrogens is 524 g/mol. The molecule has 2 heterocycles. The Morgan fingerprint density at radius 2 is 1.76 bits per heavy atom. The van der Waals surface area contributed by atoms with Crippen molar-refractivity contribution in [1.29, 1.82) is 0 Å². The number of aromatic nitrogens is 2. The van der Waals surface area contributed by atoms with Crippen LogP contribution >= 0.6 is 0 Å². The highest BCUT2D eigenvalue weighted by Crippen LogP contribution is 2.41. The third kappa shape index (κ3) is 6.00. The molecule has 1 N–H and O–H groups in total. The first-order chi connectivity index (χ1) is 20.4. The van der Waals surface area contributed by atoms with Gasteiger partial charge in [-0.15, -0.1) is 0 Å². The van der Waals surface area contributed by atoms with Crippen molar-refractivity contribution in [3.05, 3.63) is 96.1 Å².